The predicted octanol–water partition coefficient (Wildman–Crippen LogP) is -2.39. The second-order valence-electron chi connectivity index (χ2n) is 0. The van der Waals surface area contributed by atoms with Crippen LogP contribution in [0, 0.1) is 0 Å². The van der Waals surface area contributed by atoms with Crippen molar-refractivity contribution >= 4 is 41.9 Å². The van der Waals surface area contributed by atoms with Gasteiger partial charge in [0.15, 0.2) is 0 Å². The van der Waals surface area contributed by atoms with Crippen molar-refractivity contribution in [3.05, 3.63) is 0 Å². The van der Waals surface area contributed by atoms with Crippen molar-refractivity contribution in [2.45, 2.75) is 0 Å². The fraction of sp³-hybridized carbons (Fsp3) is 0. The average molecular weight is 144 g/mol. The Labute approximate surface area is 72.7 Å². The van der Waals surface area contributed by atoms with Gasteiger partial charge in [-0.15, -0.1) is 0 Å². The van der Waals surface area contributed by atoms with Crippen LogP contribution in [-0.4, -0.2) is 47.4 Å². The van der Waals surface area contributed by atoms with Crippen LogP contribution in [0.2, 0.25) is 0 Å². The van der Waals surface area contributed by atoms with E-state index < -0.39 is 0 Å². The molecule has 18 valence electrons. The van der Waals surface area contributed by atoms with Crippen molar-refractivity contribution in [3.8, 4) is 0 Å². The molecule has 0 unspecified atom stereocenters. The zero-order valence-electron chi connectivity index (χ0n) is 1.00. The van der Waals surface area contributed by atoms with Gasteiger partial charge in [0.25, 0.3) is 0 Å². The van der Waals surface area contributed by atoms with Gasteiger partial charge in [0.2, 0.25) is 0 Å². The van der Waals surface area contributed by atoms with E-state index in [1.54, 1.807) is 0 Å². The zero-order chi connectivity index (χ0) is 0. The van der Waals surface area contributed by atoms with Crippen LogP contribution in [-0.2, 0) is 26.2 Å². The zero-order valence-corrected chi connectivity index (χ0v) is 3.46. The summed E-state index contributed by atoms with van der Waals surface area (Å²) in [5, 5.41) is 0. The number of hydrogen-bond acceptors (Lipinski definition) is 0. The molecule has 0 saturated heterocycles. The maximum absolute atomic E-state index is 0. The molecule has 0 aromatic rings. The summed E-state index contributed by atoms with van der Waals surface area (Å²) in [5.41, 5.74) is 0. The van der Waals surface area contributed by atoms with Crippen LogP contribution in [0.3, 0.4) is 0 Å². The minimum Gasteiger partial charge on any atom is 0 e. The molecule has 0 aliphatic rings. The monoisotopic (exact) mass is 142 g/mol. The van der Waals surface area contributed by atoms with Crippen LogP contribution in [0.1, 0.15) is 0 Å². The summed E-state index contributed by atoms with van der Waals surface area (Å²) in [6.07, 6.45) is 0. The van der Waals surface area contributed by atoms with Gasteiger partial charge in [0.05, 0.1) is 0 Å². The van der Waals surface area contributed by atoms with Crippen LogP contribution in [0.15, 0.2) is 0 Å². The molecule has 1 nitrogen and oxygen atoms in total. The Morgan fingerprint density at radius 2 is 1.00 bits per heavy atom. The molecule has 0 aromatic carbocycles. The Kier molecular flexibility index (Phi) is 163. The molecule has 0 heterocycles. The van der Waals surface area contributed by atoms with Gasteiger partial charge in [-0.3, -0.25) is 0 Å². The molecule has 2 N–H and O–H groups in total. The van der Waals surface area contributed by atoms with Gasteiger partial charge >= 0.3 is 41.9 Å². The van der Waals surface area contributed by atoms with E-state index in [9.17, 15) is 0 Å². The third-order valence-corrected chi connectivity index (χ3v) is 0. The van der Waals surface area contributed by atoms with Gasteiger partial charge in [-0.05, 0) is 0 Å². The van der Waals surface area contributed by atoms with Gasteiger partial charge in [-0.2, -0.15) is 0 Å². The van der Waals surface area contributed by atoms with E-state index in [2.05, 4.69) is 0 Å². The van der Waals surface area contributed by atoms with Crippen LogP contribution in [0.25, 0.3) is 0 Å². The van der Waals surface area contributed by atoms with Crippen molar-refractivity contribution in [1.29, 1.82) is 0 Å². The summed E-state index contributed by atoms with van der Waals surface area (Å²) in [6.45, 7) is 0. The summed E-state index contributed by atoms with van der Waals surface area (Å²) in [5.74, 6) is 0. The minimum absolute atomic E-state index is 0. The van der Waals surface area contributed by atoms with Gasteiger partial charge in [0.1, 0.15) is 0 Å². The molecular formula is H5LiMgOZr. The molecule has 0 saturated carbocycles. The van der Waals surface area contributed by atoms with Crippen molar-refractivity contribution in [2.24, 2.45) is 0 Å². The maximum Gasteiger partial charge on any atom is 0.316 e. The third-order valence-electron chi connectivity index (χ3n) is 0. The maximum atomic E-state index is 0. The molecule has 0 atom stereocenters. The fourth-order valence-electron chi connectivity index (χ4n) is 0. The molecular weight excluding hydrogens is 138 g/mol. The molecule has 0 aromatic heterocycles. The Morgan fingerprint density at radius 3 is 1.00 bits per heavy atom. The molecule has 0 radical (unpaired) electrons. The van der Waals surface area contributed by atoms with Crippen LogP contribution in [0.4, 0.5) is 0 Å². The topological polar surface area (TPSA) is 31.5 Å². The summed E-state index contributed by atoms with van der Waals surface area (Å²) in [6, 6.07) is 0. The van der Waals surface area contributed by atoms with Crippen molar-refractivity contribution < 1.29 is 31.7 Å². The Hall–Kier alpha value is 2.21. The van der Waals surface area contributed by atoms with Crippen LogP contribution >= 0.6 is 0 Å². The van der Waals surface area contributed by atoms with Crippen molar-refractivity contribution in [2.75, 3.05) is 0 Å². The molecule has 0 aliphatic heterocycles. The van der Waals surface area contributed by atoms with Crippen molar-refractivity contribution in [3.63, 3.8) is 0 Å². The Bertz CT molecular complexity index is 8.00. The van der Waals surface area contributed by atoms with E-state index in [0.29, 0.717) is 0 Å². The van der Waals surface area contributed by atoms with Crippen molar-refractivity contribution in [1.82, 2.24) is 0 Å². The SMILES string of the molecule is O.[LiH].[MgH2].[Zr]. The fourth-order valence-corrected chi connectivity index (χ4v) is 0. The summed E-state index contributed by atoms with van der Waals surface area (Å²) in [4.78, 5) is 0. The molecule has 0 aliphatic carbocycles. The molecule has 0 bridgehead atoms. The van der Waals surface area contributed by atoms with E-state index in [0.717, 1.165) is 0 Å². The number of hydrogen-bond donors (Lipinski definition) is 0. The van der Waals surface area contributed by atoms with Gasteiger partial charge in [-0.1, -0.05) is 0 Å². The second kappa shape index (κ2) is 18.9. The molecule has 0 spiro atoms. The molecule has 0 fully saturated rings. The van der Waals surface area contributed by atoms with Crippen LogP contribution < -0.4 is 0 Å². The van der Waals surface area contributed by atoms with E-state index in [1.807, 2.05) is 0 Å². The molecule has 0 rings (SSSR count). The van der Waals surface area contributed by atoms with Gasteiger partial charge in [0, 0.05) is 26.2 Å². The second-order valence-corrected chi connectivity index (χ2v) is 0. The first kappa shape index (κ1) is 34.6. The Balaban J connectivity index is 0. The molecule has 4 heteroatoms. The first-order valence-electron chi connectivity index (χ1n) is 0. The largest absolute Gasteiger partial charge is 0.316 e. The van der Waals surface area contributed by atoms with Gasteiger partial charge < -0.3 is 5.48 Å². The van der Waals surface area contributed by atoms with Crippen LogP contribution in [0.5, 0.6) is 0 Å². The van der Waals surface area contributed by atoms with E-state index in [1.165, 1.54) is 0 Å². The first-order chi connectivity index (χ1) is 0. The summed E-state index contributed by atoms with van der Waals surface area (Å²) >= 11 is 0. The Morgan fingerprint density at radius 1 is 1.00 bits per heavy atom. The first-order valence-corrected chi connectivity index (χ1v) is 0. The predicted molar refractivity (Wildman–Crippen MR) is 19.3 cm³/mol. The van der Waals surface area contributed by atoms with Gasteiger partial charge in [-0.25, -0.2) is 0 Å². The number of rotatable bonds is 0. The quantitative estimate of drug-likeness (QED) is 0.339. The molecule has 0 amide bonds. The average Bonchev–Trinajstić information content (AvgIpc) is 0. The minimum atomic E-state index is 0. The smallest absolute Gasteiger partial charge is 0 e. The normalized spacial score (nSPS) is 0. The van der Waals surface area contributed by atoms with E-state index in [-0.39, 0.29) is 73.6 Å². The van der Waals surface area contributed by atoms with E-state index >= 15 is 0 Å². The molecule has 4 heavy (non-hydrogen) atoms. The summed E-state index contributed by atoms with van der Waals surface area (Å²) in [7, 11) is 0. The third kappa shape index (κ3) is 8.88. The van der Waals surface area contributed by atoms with E-state index in [4.69, 9.17) is 0 Å². The summed E-state index contributed by atoms with van der Waals surface area (Å²) < 4.78 is 0. The standard InChI is InChI=1S/Li.Mg.H2O.Zr.3H/h;;1H2;;;;.